The van der Waals surface area contributed by atoms with Crippen molar-refractivity contribution in [3.05, 3.63) is 29.6 Å². The number of carbonyl (C=O) groups is 1. The van der Waals surface area contributed by atoms with Gasteiger partial charge in [-0.25, -0.2) is 4.98 Å². The van der Waals surface area contributed by atoms with Gasteiger partial charge in [-0.2, -0.15) is 5.26 Å². The summed E-state index contributed by atoms with van der Waals surface area (Å²) in [5, 5.41) is 9.02. The molecule has 2 atom stereocenters. The van der Waals surface area contributed by atoms with Gasteiger partial charge in [0.05, 0.1) is 22.7 Å². The topological polar surface area (TPSA) is 72.8 Å². The second-order valence-electron chi connectivity index (χ2n) is 6.89. The lowest BCUT2D eigenvalue weighted by atomic mass is 10.0. The molecule has 5 heteroatoms. The number of ketones is 1. The third-order valence-electron chi connectivity index (χ3n) is 4.93. The highest BCUT2D eigenvalue weighted by Crippen LogP contribution is 2.26. The van der Waals surface area contributed by atoms with Crippen LogP contribution < -0.4 is 0 Å². The van der Waals surface area contributed by atoms with E-state index in [-0.39, 0.29) is 0 Å². The molecule has 2 heterocycles. The molecule has 0 bridgehead atoms. The average molecular weight is 324 g/mol. The molecule has 0 spiro atoms. The van der Waals surface area contributed by atoms with E-state index in [0.717, 1.165) is 49.3 Å². The number of hydrogen-bond donors (Lipinski definition) is 1. The van der Waals surface area contributed by atoms with Gasteiger partial charge in [0.2, 0.25) is 0 Å². The molecule has 0 saturated carbocycles. The molecule has 2 unspecified atom stereocenters. The van der Waals surface area contributed by atoms with Crippen molar-refractivity contribution in [2.75, 3.05) is 19.6 Å². The number of likely N-dealkylation sites (tertiary alicyclic amines) is 1. The number of nitrogens with zero attached hydrogens (tertiary/aromatic N) is 3. The molecule has 5 nitrogen and oxygen atoms in total. The van der Waals surface area contributed by atoms with Gasteiger partial charge < -0.3 is 14.7 Å². The van der Waals surface area contributed by atoms with Crippen molar-refractivity contribution in [1.29, 1.82) is 5.26 Å². The summed E-state index contributed by atoms with van der Waals surface area (Å²) in [6, 6.07) is 7.73. The van der Waals surface area contributed by atoms with Gasteiger partial charge in [-0.05, 0) is 50.4 Å². The second-order valence-corrected chi connectivity index (χ2v) is 6.89. The molecule has 0 amide bonds. The van der Waals surface area contributed by atoms with Crippen LogP contribution in [0.15, 0.2) is 18.2 Å². The molecule has 1 saturated heterocycles. The van der Waals surface area contributed by atoms with E-state index in [1.54, 1.807) is 13.0 Å². The number of Topliss-reactive ketones (excluding diaryl/α,β-unsaturated/α-hetero) is 1. The van der Waals surface area contributed by atoms with Gasteiger partial charge in [0.15, 0.2) is 0 Å². The number of imidazole rings is 1. The predicted octanol–water partition coefficient (Wildman–Crippen LogP) is 3.23. The smallest absolute Gasteiger partial charge is 0.130 e. The monoisotopic (exact) mass is 324 g/mol. The number of benzene rings is 1. The first-order chi connectivity index (χ1) is 11.6. The van der Waals surface area contributed by atoms with Crippen molar-refractivity contribution in [2.24, 2.45) is 5.92 Å². The van der Waals surface area contributed by atoms with Crippen LogP contribution in [0.25, 0.3) is 11.0 Å². The van der Waals surface area contributed by atoms with Gasteiger partial charge in [0.1, 0.15) is 11.6 Å². The minimum atomic E-state index is 0.291. The summed E-state index contributed by atoms with van der Waals surface area (Å²) in [6.45, 7) is 6.90. The normalized spacial score (nSPS) is 19.5. The summed E-state index contributed by atoms with van der Waals surface area (Å²) >= 11 is 0. The van der Waals surface area contributed by atoms with E-state index in [0.29, 0.717) is 29.6 Å². The molecule has 1 aliphatic rings. The van der Waals surface area contributed by atoms with Crippen LogP contribution >= 0.6 is 0 Å². The third-order valence-corrected chi connectivity index (χ3v) is 4.93. The minimum absolute atomic E-state index is 0.291. The number of carbonyl (C=O) groups excluding carboxylic acids is 1. The summed E-state index contributed by atoms with van der Waals surface area (Å²) in [6.07, 6.45) is 2.83. The van der Waals surface area contributed by atoms with Crippen molar-refractivity contribution in [1.82, 2.24) is 14.9 Å². The number of aromatic amines is 1. The Bertz CT molecular complexity index is 773. The Kier molecular flexibility index (Phi) is 4.96. The lowest BCUT2D eigenvalue weighted by Gasteiger charge is -2.21. The van der Waals surface area contributed by atoms with Crippen LogP contribution in [-0.4, -0.2) is 40.3 Å². The highest BCUT2D eigenvalue weighted by molar-refractivity contribution is 5.77. The molecule has 1 aliphatic heterocycles. The van der Waals surface area contributed by atoms with Crippen LogP contribution in [0.2, 0.25) is 0 Å². The van der Waals surface area contributed by atoms with E-state index in [1.807, 2.05) is 12.1 Å². The molecule has 1 aromatic heterocycles. The Morgan fingerprint density at radius 2 is 2.38 bits per heavy atom. The Balaban J connectivity index is 1.70. The molecule has 24 heavy (non-hydrogen) atoms. The highest BCUT2D eigenvalue weighted by Gasteiger charge is 2.26. The zero-order chi connectivity index (χ0) is 17.1. The van der Waals surface area contributed by atoms with Gasteiger partial charge in [-0.3, -0.25) is 0 Å². The zero-order valence-electron chi connectivity index (χ0n) is 14.4. The minimum Gasteiger partial charge on any atom is -0.342 e. The summed E-state index contributed by atoms with van der Waals surface area (Å²) in [7, 11) is 0. The summed E-state index contributed by atoms with van der Waals surface area (Å²) in [5.74, 6) is 2.14. The fraction of sp³-hybridized carbons (Fsp3) is 0.526. The van der Waals surface area contributed by atoms with Crippen molar-refractivity contribution in [2.45, 2.75) is 39.0 Å². The second kappa shape index (κ2) is 7.14. The molecule has 126 valence electrons. The van der Waals surface area contributed by atoms with Gasteiger partial charge in [-0.1, -0.05) is 6.92 Å². The van der Waals surface area contributed by atoms with E-state index >= 15 is 0 Å². The molecular weight excluding hydrogens is 300 g/mol. The molecule has 1 aromatic carbocycles. The van der Waals surface area contributed by atoms with E-state index in [1.165, 1.54) is 0 Å². The molecule has 2 aromatic rings. The predicted molar refractivity (Wildman–Crippen MR) is 93.7 cm³/mol. The van der Waals surface area contributed by atoms with E-state index in [4.69, 9.17) is 10.2 Å². The molecule has 1 N–H and O–H groups in total. The SMILES string of the molecule is CCC(CN1CCC(CC(C)=O)C1)c1nc2ccc(C#N)cc2[nH]1. The first-order valence-electron chi connectivity index (χ1n) is 8.70. The van der Waals surface area contributed by atoms with Crippen LogP contribution in [0.5, 0.6) is 0 Å². The fourth-order valence-corrected chi connectivity index (χ4v) is 3.66. The van der Waals surface area contributed by atoms with Gasteiger partial charge in [0.25, 0.3) is 0 Å². The molecule has 3 rings (SSSR count). The van der Waals surface area contributed by atoms with Crippen molar-refractivity contribution in [3.8, 4) is 6.07 Å². The van der Waals surface area contributed by atoms with Crippen molar-refractivity contribution in [3.63, 3.8) is 0 Å². The lowest BCUT2D eigenvalue weighted by molar-refractivity contribution is -0.117. The first-order valence-corrected chi connectivity index (χ1v) is 8.70. The maximum atomic E-state index is 11.3. The zero-order valence-corrected chi connectivity index (χ0v) is 14.4. The number of rotatable bonds is 6. The van der Waals surface area contributed by atoms with Gasteiger partial charge in [0, 0.05) is 25.4 Å². The Morgan fingerprint density at radius 1 is 1.54 bits per heavy atom. The van der Waals surface area contributed by atoms with E-state index in [9.17, 15) is 4.79 Å². The lowest BCUT2D eigenvalue weighted by Crippen LogP contribution is -2.27. The summed E-state index contributed by atoms with van der Waals surface area (Å²) < 4.78 is 0. The quantitative estimate of drug-likeness (QED) is 0.885. The van der Waals surface area contributed by atoms with Crippen molar-refractivity contribution < 1.29 is 4.79 Å². The summed E-state index contributed by atoms with van der Waals surface area (Å²) in [5.41, 5.74) is 2.49. The van der Waals surface area contributed by atoms with Crippen molar-refractivity contribution >= 4 is 16.8 Å². The number of hydrogen-bond acceptors (Lipinski definition) is 4. The largest absolute Gasteiger partial charge is 0.342 e. The van der Waals surface area contributed by atoms with Crippen LogP contribution in [0.3, 0.4) is 0 Å². The number of aromatic nitrogens is 2. The fourth-order valence-electron chi connectivity index (χ4n) is 3.66. The van der Waals surface area contributed by atoms with E-state index in [2.05, 4.69) is 22.9 Å². The third kappa shape index (κ3) is 3.65. The first kappa shape index (κ1) is 16.7. The molecule has 0 aliphatic carbocycles. The Hall–Kier alpha value is -2.19. The molecular formula is C19H24N4O. The number of nitriles is 1. The number of H-pyrrole nitrogens is 1. The summed E-state index contributed by atoms with van der Waals surface area (Å²) in [4.78, 5) is 21.9. The average Bonchev–Trinajstić information content (AvgIpc) is 3.17. The standard InChI is InChI=1S/C19H24N4O/c1-3-16(12-23-7-6-15(11-23)8-13(2)24)19-21-17-5-4-14(10-20)9-18(17)22-19/h4-5,9,15-16H,3,6-8,11-12H2,1-2H3,(H,21,22). The van der Waals surface area contributed by atoms with Gasteiger partial charge >= 0.3 is 0 Å². The van der Waals surface area contributed by atoms with Gasteiger partial charge in [-0.15, -0.1) is 0 Å². The maximum absolute atomic E-state index is 11.3. The maximum Gasteiger partial charge on any atom is 0.130 e. The highest BCUT2D eigenvalue weighted by atomic mass is 16.1. The van der Waals surface area contributed by atoms with E-state index < -0.39 is 0 Å². The Morgan fingerprint density at radius 3 is 3.08 bits per heavy atom. The van der Waals surface area contributed by atoms with Crippen LogP contribution in [0.4, 0.5) is 0 Å². The number of nitrogens with one attached hydrogen (secondary N) is 1. The molecule has 0 radical (unpaired) electrons. The van der Waals surface area contributed by atoms with Crippen LogP contribution in [-0.2, 0) is 4.79 Å². The van der Waals surface area contributed by atoms with Crippen LogP contribution in [0, 0.1) is 17.2 Å². The molecule has 1 fully saturated rings. The van der Waals surface area contributed by atoms with Crippen LogP contribution in [0.1, 0.15) is 50.4 Å². The Labute approximate surface area is 142 Å². The number of fused-ring (bicyclic) bond motifs is 1.